The average molecular weight is 561 g/mol. The van der Waals surface area contributed by atoms with Gasteiger partial charge in [0, 0.05) is 19.3 Å². The maximum Gasteiger partial charge on any atom is 0.0282 e. The second-order valence-electron chi connectivity index (χ2n) is 4.42. The van der Waals surface area contributed by atoms with Crippen molar-refractivity contribution in [1.82, 2.24) is 0 Å². The zero-order valence-electron chi connectivity index (χ0n) is 9.52. The quantitative estimate of drug-likeness (QED) is 0.290. The maximum absolute atomic E-state index is 3.80. The Labute approximate surface area is 146 Å². The van der Waals surface area contributed by atoms with Crippen LogP contribution < -0.4 is 0 Å². The highest BCUT2D eigenvalue weighted by atomic mass is 79.9. The Morgan fingerprint density at radius 1 is 0.882 bits per heavy atom. The molecule has 0 N–H and O–H groups in total. The molecule has 0 aromatic rings. The van der Waals surface area contributed by atoms with Crippen LogP contribution in [0, 0.1) is 0 Å². The molecule has 1 aliphatic rings. The molecule has 0 fully saturated rings. The molecule has 4 atom stereocenters. The summed E-state index contributed by atoms with van der Waals surface area (Å²) in [5.41, 5.74) is 0. The molecule has 0 bridgehead atoms. The topological polar surface area (TPSA) is 0 Å². The Hall–Kier alpha value is 2.14. The number of hydrogen-bond donors (Lipinski definition) is 0. The lowest BCUT2D eigenvalue weighted by Gasteiger charge is -2.23. The molecule has 1 rings (SSSR count). The average Bonchev–Trinajstić information content (AvgIpc) is 2.27. The van der Waals surface area contributed by atoms with Crippen molar-refractivity contribution in [3.05, 3.63) is 10.6 Å². The third-order valence-electron chi connectivity index (χ3n) is 2.94. The Bertz CT molecular complexity index is 253. The van der Waals surface area contributed by atoms with Crippen LogP contribution in [0.1, 0.15) is 38.5 Å². The highest BCUT2D eigenvalue weighted by molar-refractivity contribution is 9.13. The number of rotatable bonds is 0. The molecule has 0 amide bonds. The molecule has 1 unspecified atom stereocenters. The summed E-state index contributed by atoms with van der Waals surface area (Å²) in [6.07, 6.45) is 9.40. The van der Waals surface area contributed by atoms with Gasteiger partial charge in [0.25, 0.3) is 0 Å². The van der Waals surface area contributed by atoms with Gasteiger partial charge in [-0.1, -0.05) is 85.7 Å². The molecular formula is C12H17Br5. The van der Waals surface area contributed by atoms with Crippen molar-refractivity contribution in [2.75, 3.05) is 0 Å². The second-order valence-corrected chi connectivity index (χ2v) is 10.1. The van der Waals surface area contributed by atoms with Crippen molar-refractivity contribution in [3.63, 3.8) is 0 Å². The van der Waals surface area contributed by atoms with E-state index < -0.39 is 0 Å². The third-order valence-corrected chi connectivity index (χ3v) is 9.29. The lowest BCUT2D eigenvalue weighted by molar-refractivity contribution is 0.621. The first kappa shape index (κ1) is 17.2. The molecule has 0 nitrogen and oxygen atoms in total. The molecule has 17 heavy (non-hydrogen) atoms. The number of halogens is 5. The fourth-order valence-corrected chi connectivity index (χ4v) is 5.20. The van der Waals surface area contributed by atoms with Gasteiger partial charge in [-0.2, -0.15) is 0 Å². The van der Waals surface area contributed by atoms with E-state index in [0.717, 1.165) is 19.3 Å². The molecular weight excluding hydrogens is 544 g/mol. The van der Waals surface area contributed by atoms with E-state index in [1.807, 2.05) is 0 Å². The van der Waals surface area contributed by atoms with Gasteiger partial charge in [-0.05, 0) is 43.0 Å². The first-order chi connectivity index (χ1) is 8.00. The number of allylic oxidation sites excluding steroid dienone is 2. The molecule has 1 aliphatic carbocycles. The molecule has 5 heteroatoms. The summed E-state index contributed by atoms with van der Waals surface area (Å²) < 4.78 is 1.36. The van der Waals surface area contributed by atoms with E-state index in [1.54, 1.807) is 0 Å². The molecule has 0 aliphatic heterocycles. The van der Waals surface area contributed by atoms with Gasteiger partial charge in [-0.25, -0.2) is 0 Å². The summed E-state index contributed by atoms with van der Waals surface area (Å²) in [5.74, 6) is 0. The fraction of sp³-hybridized carbons (Fsp3) is 0.833. The standard InChI is InChI=1S/C12H17Br5/c13-8-3-1-5-9(14)11(16)7-12(17)10(15)6-2-4-8/h3,9-12H,1-2,4-7H2/b8-3-/t9-,10?,11+,12+/m1/s1. The van der Waals surface area contributed by atoms with Crippen LogP contribution in [-0.2, 0) is 0 Å². The van der Waals surface area contributed by atoms with E-state index in [4.69, 9.17) is 0 Å². The lowest BCUT2D eigenvalue weighted by atomic mass is 10.0. The minimum atomic E-state index is 0.526. The highest BCUT2D eigenvalue weighted by Gasteiger charge is 2.23. The number of hydrogen-bond acceptors (Lipinski definition) is 0. The Morgan fingerprint density at radius 3 is 2.12 bits per heavy atom. The molecule has 0 aromatic heterocycles. The van der Waals surface area contributed by atoms with Crippen LogP contribution in [0.4, 0.5) is 0 Å². The predicted octanol–water partition coefficient (Wildman–Crippen LogP) is 6.67. The van der Waals surface area contributed by atoms with Crippen LogP contribution in [0.15, 0.2) is 10.6 Å². The molecule has 0 radical (unpaired) electrons. The van der Waals surface area contributed by atoms with Gasteiger partial charge in [0.05, 0.1) is 0 Å². The van der Waals surface area contributed by atoms with Crippen molar-refractivity contribution >= 4 is 79.6 Å². The normalized spacial score (nSPS) is 40.9. The smallest absolute Gasteiger partial charge is 0.0282 e. The lowest BCUT2D eigenvalue weighted by Crippen LogP contribution is -2.23. The summed E-state index contributed by atoms with van der Waals surface area (Å²) in [6.45, 7) is 0. The Kier molecular flexibility index (Phi) is 9.25. The van der Waals surface area contributed by atoms with Crippen molar-refractivity contribution < 1.29 is 0 Å². The van der Waals surface area contributed by atoms with Crippen molar-refractivity contribution in [2.45, 2.75) is 57.8 Å². The third kappa shape index (κ3) is 6.92. The summed E-state index contributed by atoms with van der Waals surface area (Å²) in [4.78, 5) is 2.16. The zero-order chi connectivity index (χ0) is 12.8. The van der Waals surface area contributed by atoms with Crippen molar-refractivity contribution in [1.29, 1.82) is 0 Å². The summed E-state index contributed by atoms with van der Waals surface area (Å²) in [5, 5.41) is 0. The van der Waals surface area contributed by atoms with Gasteiger partial charge in [0.1, 0.15) is 0 Å². The van der Waals surface area contributed by atoms with Gasteiger partial charge >= 0.3 is 0 Å². The molecule has 0 saturated carbocycles. The van der Waals surface area contributed by atoms with Crippen molar-refractivity contribution in [2.24, 2.45) is 0 Å². The van der Waals surface area contributed by atoms with E-state index in [0.29, 0.717) is 19.3 Å². The van der Waals surface area contributed by atoms with Crippen LogP contribution in [-0.4, -0.2) is 19.3 Å². The molecule has 0 spiro atoms. The Balaban J connectivity index is 2.62. The van der Waals surface area contributed by atoms with Gasteiger partial charge in [0.2, 0.25) is 0 Å². The number of alkyl halides is 4. The SMILES string of the molecule is Br/C1=C\CC[C@@H](Br)[C@@H](Br)C[C@H](Br)C(Br)CCC1. The van der Waals surface area contributed by atoms with Gasteiger partial charge in [-0.15, -0.1) is 0 Å². The first-order valence-corrected chi connectivity index (χ1v) is 10.4. The van der Waals surface area contributed by atoms with Gasteiger partial charge < -0.3 is 0 Å². The van der Waals surface area contributed by atoms with Gasteiger partial charge in [-0.3, -0.25) is 0 Å². The summed E-state index contributed by atoms with van der Waals surface area (Å²) >= 11 is 18.8. The van der Waals surface area contributed by atoms with Crippen LogP contribution in [0.3, 0.4) is 0 Å². The Morgan fingerprint density at radius 2 is 1.47 bits per heavy atom. The van der Waals surface area contributed by atoms with E-state index in [2.05, 4.69) is 85.7 Å². The second kappa shape index (κ2) is 9.15. The monoisotopic (exact) mass is 556 g/mol. The van der Waals surface area contributed by atoms with Crippen molar-refractivity contribution in [3.8, 4) is 0 Å². The summed E-state index contributed by atoms with van der Waals surface area (Å²) in [6, 6.07) is 0. The van der Waals surface area contributed by atoms with E-state index in [-0.39, 0.29) is 0 Å². The molecule has 0 saturated heterocycles. The fourth-order valence-electron chi connectivity index (χ4n) is 1.84. The maximum atomic E-state index is 3.80. The zero-order valence-corrected chi connectivity index (χ0v) is 17.4. The van der Waals surface area contributed by atoms with E-state index >= 15 is 0 Å². The minimum Gasteiger partial charge on any atom is -0.0879 e. The van der Waals surface area contributed by atoms with Crippen LogP contribution in [0.5, 0.6) is 0 Å². The molecule has 100 valence electrons. The first-order valence-electron chi connectivity index (χ1n) is 5.91. The van der Waals surface area contributed by atoms with Crippen LogP contribution in [0.2, 0.25) is 0 Å². The summed E-state index contributed by atoms with van der Waals surface area (Å²) in [7, 11) is 0. The predicted molar refractivity (Wildman–Crippen MR) is 95.6 cm³/mol. The molecule has 0 heterocycles. The van der Waals surface area contributed by atoms with Gasteiger partial charge in [0.15, 0.2) is 0 Å². The minimum absolute atomic E-state index is 0.526. The highest BCUT2D eigenvalue weighted by Crippen LogP contribution is 2.32. The van der Waals surface area contributed by atoms with E-state index in [1.165, 1.54) is 23.7 Å². The largest absolute Gasteiger partial charge is 0.0879 e. The van der Waals surface area contributed by atoms with Crippen LogP contribution in [0.25, 0.3) is 0 Å². The molecule has 0 aromatic carbocycles. The van der Waals surface area contributed by atoms with E-state index in [9.17, 15) is 0 Å². The van der Waals surface area contributed by atoms with Crippen LogP contribution >= 0.6 is 79.6 Å².